The summed E-state index contributed by atoms with van der Waals surface area (Å²) in [6, 6.07) is 8.15. The minimum atomic E-state index is -0.450. The maximum Gasteiger partial charge on any atom is 0.363 e. The lowest BCUT2D eigenvalue weighted by atomic mass is 10.1. The molecule has 0 aliphatic rings. The molecule has 16 heavy (non-hydrogen) atoms. The highest BCUT2D eigenvalue weighted by molar-refractivity contribution is 5.32. The Hall–Kier alpha value is -2.17. The molecule has 0 radical (unpaired) electrons. The molecule has 0 bridgehead atoms. The van der Waals surface area contributed by atoms with Crippen LogP contribution in [0.15, 0.2) is 35.3 Å². The lowest BCUT2D eigenvalue weighted by molar-refractivity contribution is 0.907. The van der Waals surface area contributed by atoms with Gasteiger partial charge in [-0.3, -0.25) is 0 Å². The van der Waals surface area contributed by atoms with Crippen molar-refractivity contribution in [1.82, 2.24) is 15.2 Å². The van der Waals surface area contributed by atoms with Gasteiger partial charge in [-0.25, -0.2) is 9.89 Å². The van der Waals surface area contributed by atoms with E-state index in [0.717, 1.165) is 5.56 Å². The lowest BCUT2D eigenvalue weighted by Crippen LogP contribution is -2.14. The summed E-state index contributed by atoms with van der Waals surface area (Å²) in [6.45, 7) is 2.66. The molecule has 5 heteroatoms. The summed E-state index contributed by atoms with van der Waals surface area (Å²) in [5, 5.41) is 8.90. The highest BCUT2D eigenvalue weighted by atomic mass is 16.1. The van der Waals surface area contributed by atoms with Crippen LogP contribution < -0.4 is 11.0 Å². The number of rotatable bonds is 3. The second-order valence-corrected chi connectivity index (χ2v) is 3.51. The van der Waals surface area contributed by atoms with E-state index in [1.54, 1.807) is 0 Å². The molecule has 2 aromatic rings. The van der Waals surface area contributed by atoms with Crippen LogP contribution in [0.25, 0.3) is 0 Å². The Morgan fingerprint density at radius 1 is 1.31 bits per heavy atom. The number of hydrogen-bond acceptors (Lipinski definition) is 4. The molecule has 0 aliphatic carbocycles. The third-order valence-corrected chi connectivity index (χ3v) is 2.16. The van der Waals surface area contributed by atoms with Crippen LogP contribution in [0, 0.1) is 6.92 Å². The van der Waals surface area contributed by atoms with Gasteiger partial charge >= 0.3 is 5.69 Å². The summed E-state index contributed by atoms with van der Waals surface area (Å²) in [6.07, 6.45) is 1.48. The van der Waals surface area contributed by atoms with Crippen molar-refractivity contribution in [3.63, 3.8) is 0 Å². The van der Waals surface area contributed by atoms with Crippen LogP contribution in [-0.4, -0.2) is 15.2 Å². The van der Waals surface area contributed by atoms with E-state index in [1.165, 1.54) is 11.8 Å². The van der Waals surface area contributed by atoms with Gasteiger partial charge in [0.05, 0.1) is 6.20 Å². The topological polar surface area (TPSA) is 70.7 Å². The number of benzene rings is 1. The van der Waals surface area contributed by atoms with Crippen molar-refractivity contribution >= 4 is 5.82 Å². The van der Waals surface area contributed by atoms with Gasteiger partial charge in [0, 0.05) is 6.54 Å². The number of aryl methyl sites for hydroxylation is 1. The summed E-state index contributed by atoms with van der Waals surface area (Å²) in [5.41, 5.74) is 1.90. The molecule has 0 saturated heterocycles. The zero-order chi connectivity index (χ0) is 11.4. The number of aromatic nitrogens is 3. The van der Waals surface area contributed by atoms with Crippen molar-refractivity contribution in [3.05, 3.63) is 52.1 Å². The third-order valence-electron chi connectivity index (χ3n) is 2.16. The smallest absolute Gasteiger partial charge is 0.363 e. The molecule has 0 fully saturated rings. The van der Waals surface area contributed by atoms with Crippen molar-refractivity contribution in [2.45, 2.75) is 13.5 Å². The monoisotopic (exact) mass is 216 g/mol. The number of nitrogens with zero attached hydrogens (tertiary/aromatic N) is 2. The van der Waals surface area contributed by atoms with Crippen LogP contribution >= 0.6 is 0 Å². The Morgan fingerprint density at radius 3 is 2.75 bits per heavy atom. The number of anilines is 1. The molecule has 0 spiro atoms. The normalized spacial score (nSPS) is 10.1. The first-order valence-electron chi connectivity index (χ1n) is 4.95. The Morgan fingerprint density at radius 2 is 2.06 bits per heavy atom. The standard InChI is InChI=1S/C11H12N4O/c1-8-2-4-9(5-3-8)6-12-10-7-13-15-11(16)14-10/h2-5,7H,6H2,1H3,(H2,12,14,15,16). The van der Waals surface area contributed by atoms with Crippen molar-refractivity contribution in [1.29, 1.82) is 0 Å². The van der Waals surface area contributed by atoms with Crippen LogP contribution in [0.4, 0.5) is 5.82 Å². The molecule has 1 aromatic carbocycles. The first kappa shape index (κ1) is 10.4. The van der Waals surface area contributed by atoms with Crippen LogP contribution in [0.1, 0.15) is 11.1 Å². The van der Waals surface area contributed by atoms with Crippen molar-refractivity contribution < 1.29 is 0 Å². The van der Waals surface area contributed by atoms with Gasteiger partial charge in [-0.15, -0.1) is 0 Å². The van der Waals surface area contributed by atoms with Crippen LogP contribution in [0.2, 0.25) is 0 Å². The van der Waals surface area contributed by atoms with E-state index in [1.807, 2.05) is 31.2 Å². The molecule has 0 unspecified atom stereocenters. The van der Waals surface area contributed by atoms with E-state index in [2.05, 4.69) is 20.5 Å². The molecular weight excluding hydrogens is 204 g/mol. The largest absolute Gasteiger partial charge is 0.364 e. The molecule has 1 heterocycles. The fourth-order valence-electron chi connectivity index (χ4n) is 1.30. The first-order valence-corrected chi connectivity index (χ1v) is 4.95. The van der Waals surface area contributed by atoms with E-state index < -0.39 is 5.69 Å². The van der Waals surface area contributed by atoms with E-state index >= 15 is 0 Å². The highest BCUT2D eigenvalue weighted by Gasteiger charge is 1.96. The molecule has 0 amide bonds. The molecule has 0 saturated carbocycles. The number of H-pyrrole nitrogens is 1. The molecule has 82 valence electrons. The fourth-order valence-corrected chi connectivity index (χ4v) is 1.30. The van der Waals surface area contributed by atoms with E-state index in [4.69, 9.17) is 0 Å². The van der Waals surface area contributed by atoms with Gasteiger partial charge in [-0.1, -0.05) is 29.8 Å². The van der Waals surface area contributed by atoms with Gasteiger partial charge in [0.2, 0.25) is 0 Å². The van der Waals surface area contributed by atoms with Gasteiger partial charge in [0.15, 0.2) is 5.82 Å². The summed E-state index contributed by atoms with van der Waals surface area (Å²) >= 11 is 0. The highest BCUT2D eigenvalue weighted by Crippen LogP contribution is 2.05. The second kappa shape index (κ2) is 4.57. The molecule has 5 nitrogen and oxygen atoms in total. The lowest BCUT2D eigenvalue weighted by Gasteiger charge is -2.04. The first-order chi connectivity index (χ1) is 7.74. The van der Waals surface area contributed by atoms with Gasteiger partial charge in [0.25, 0.3) is 0 Å². The molecular formula is C11H12N4O. The number of nitrogens with one attached hydrogen (secondary N) is 2. The molecule has 0 atom stereocenters. The summed E-state index contributed by atoms with van der Waals surface area (Å²) in [5.74, 6) is 0.476. The minimum absolute atomic E-state index is 0.450. The van der Waals surface area contributed by atoms with Crippen LogP contribution in [-0.2, 0) is 6.54 Å². The zero-order valence-electron chi connectivity index (χ0n) is 8.90. The van der Waals surface area contributed by atoms with E-state index in [-0.39, 0.29) is 0 Å². The maximum atomic E-state index is 10.9. The van der Waals surface area contributed by atoms with Gasteiger partial charge < -0.3 is 5.32 Å². The Kier molecular flexibility index (Phi) is 2.95. The number of aromatic amines is 1. The predicted molar refractivity (Wildman–Crippen MR) is 61.2 cm³/mol. The minimum Gasteiger partial charge on any atom is -0.364 e. The predicted octanol–water partition coefficient (Wildman–Crippen LogP) is 1.09. The second-order valence-electron chi connectivity index (χ2n) is 3.51. The van der Waals surface area contributed by atoms with Crippen LogP contribution in [0.3, 0.4) is 0 Å². The van der Waals surface area contributed by atoms with Gasteiger partial charge in [-0.2, -0.15) is 10.1 Å². The Balaban J connectivity index is 2.02. The van der Waals surface area contributed by atoms with E-state index in [9.17, 15) is 4.79 Å². The molecule has 2 N–H and O–H groups in total. The molecule has 2 rings (SSSR count). The zero-order valence-corrected chi connectivity index (χ0v) is 8.90. The summed E-state index contributed by atoms with van der Waals surface area (Å²) < 4.78 is 0. The maximum absolute atomic E-state index is 10.9. The summed E-state index contributed by atoms with van der Waals surface area (Å²) in [7, 11) is 0. The Bertz CT molecular complexity index is 518. The third kappa shape index (κ3) is 2.66. The van der Waals surface area contributed by atoms with Crippen molar-refractivity contribution in [2.24, 2.45) is 0 Å². The SMILES string of the molecule is Cc1ccc(CNc2cn[nH]c(=O)n2)cc1. The van der Waals surface area contributed by atoms with Gasteiger partial charge in [-0.05, 0) is 12.5 Å². The van der Waals surface area contributed by atoms with Crippen LogP contribution in [0.5, 0.6) is 0 Å². The quantitative estimate of drug-likeness (QED) is 0.805. The van der Waals surface area contributed by atoms with Crippen molar-refractivity contribution in [2.75, 3.05) is 5.32 Å². The average Bonchev–Trinajstić information content (AvgIpc) is 2.28. The van der Waals surface area contributed by atoms with Crippen molar-refractivity contribution in [3.8, 4) is 0 Å². The Labute approximate surface area is 92.6 Å². The summed E-state index contributed by atoms with van der Waals surface area (Å²) in [4.78, 5) is 14.6. The average molecular weight is 216 g/mol. The van der Waals surface area contributed by atoms with Gasteiger partial charge in [0.1, 0.15) is 0 Å². The fraction of sp³-hybridized carbons (Fsp3) is 0.182. The van der Waals surface area contributed by atoms with E-state index in [0.29, 0.717) is 12.4 Å². The molecule has 1 aromatic heterocycles. The molecule has 0 aliphatic heterocycles. The number of hydrogen-bond donors (Lipinski definition) is 2.